The number of nitrogens with zero attached hydrogens (tertiary/aromatic N) is 1. The molecular weight excluding hydrogens is 362 g/mol. The molecule has 144 valence electrons. The SMILES string of the molecule is Cc1cc(C)c(NC(=O)c2cccc(S(=O)(=O)NC3CCCC3)c2)c(C)n1. The van der Waals surface area contributed by atoms with Crippen LogP contribution in [0.3, 0.4) is 0 Å². The Morgan fingerprint density at radius 1 is 1.11 bits per heavy atom. The Bertz CT molecular complexity index is 941. The number of rotatable bonds is 5. The highest BCUT2D eigenvalue weighted by atomic mass is 32.2. The predicted octanol–water partition coefficient (Wildman–Crippen LogP) is 3.48. The highest BCUT2D eigenvalue weighted by Gasteiger charge is 2.23. The molecule has 1 aliphatic rings. The number of sulfonamides is 1. The zero-order chi connectivity index (χ0) is 19.6. The number of anilines is 1. The summed E-state index contributed by atoms with van der Waals surface area (Å²) in [4.78, 5) is 17.2. The van der Waals surface area contributed by atoms with E-state index in [0.29, 0.717) is 11.3 Å². The van der Waals surface area contributed by atoms with Crippen molar-refractivity contribution < 1.29 is 13.2 Å². The summed E-state index contributed by atoms with van der Waals surface area (Å²) in [5.74, 6) is -0.357. The number of carbonyl (C=O) groups excluding carboxylic acids is 1. The van der Waals surface area contributed by atoms with Gasteiger partial charge in [0.1, 0.15) is 0 Å². The van der Waals surface area contributed by atoms with Gasteiger partial charge in [0.15, 0.2) is 0 Å². The molecular formula is C20H25N3O3S. The van der Waals surface area contributed by atoms with Crippen molar-refractivity contribution in [1.29, 1.82) is 0 Å². The van der Waals surface area contributed by atoms with Crippen LogP contribution in [0.1, 0.15) is 53.0 Å². The van der Waals surface area contributed by atoms with E-state index in [2.05, 4.69) is 15.0 Å². The maximum atomic E-state index is 12.7. The van der Waals surface area contributed by atoms with Crippen molar-refractivity contribution in [3.05, 3.63) is 52.8 Å². The largest absolute Gasteiger partial charge is 0.320 e. The highest BCUT2D eigenvalue weighted by Crippen LogP contribution is 2.22. The average molecular weight is 388 g/mol. The summed E-state index contributed by atoms with van der Waals surface area (Å²) in [6.45, 7) is 5.64. The van der Waals surface area contributed by atoms with Crippen molar-refractivity contribution in [2.45, 2.75) is 57.4 Å². The zero-order valence-electron chi connectivity index (χ0n) is 15.9. The normalized spacial score (nSPS) is 15.1. The number of nitrogens with one attached hydrogen (secondary N) is 2. The third kappa shape index (κ3) is 4.54. The summed E-state index contributed by atoms with van der Waals surface area (Å²) in [7, 11) is -3.64. The van der Waals surface area contributed by atoms with Crippen molar-refractivity contribution in [2.75, 3.05) is 5.32 Å². The van der Waals surface area contributed by atoms with Gasteiger partial charge in [-0.15, -0.1) is 0 Å². The fraction of sp³-hybridized carbons (Fsp3) is 0.400. The first-order valence-corrected chi connectivity index (χ1v) is 10.6. The summed E-state index contributed by atoms with van der Waals surface area (Å²) in [6.07, 6.45) is 3.80. The lowest BCUT2D eigenvalue weighted by Crippen LogP contribution is -2.32. The van der Waals surface area contributed by atoms with Gasteiger partial charge in [-0.25, -0.2) is 13.1 Å². The van der Waals surface area contributed by atoms with Crippen LogP contribution in [0.25, 0.3) is 0 Å². The molecule has 0 unspecified atom stereocenters. The monoisotopic (exact) mass is 387 g/mol. The first-order chi connectivity index (χ1) is 12.8. The van der Waals surface area contributed by atoms with Crippen LogP contribution in [0.15, 0.2) is 35.2 Å². The van der Waals surface area contributed by atoms with Crippen LogP contribution in [0, 0.1) is 20.8 Å². The minimum atomic E-state index is -3.64. The quantitative estimate of drug-likeness (QED) is 0.822. The summed E-state index contributed by atoms with van der Waals surface area (Å²) in [5.41, 5.74) is 3.48. The van der Waals surface area contributed by atoms with E-state index in [0.717, 1.165) is 42.6 Å². The molecule has 2 aromatic rings. The lowest BCUT2D eigenvalue weighted by molar-refractivity contribution is 0.102. The van der Waals surface area contributed by atoms with Crippen LogP contribution in [-0.4, -0.2) is 25.4 Å². The Morgan fingerprint density at radius 2 is 1.81 bits per heavy atom. The van der Waals surface area contributed by atoms with Gasteiger partial charge in [-0.2, -0.15) is 0 Å². The van der Waals surface area contributed by atoms with Gasteiger partial charge in [0.05, 0.1) is 16.3 Å². The number of benzene rings is 1. The Hall–Kier alpha value is -2.25. The molecule has 0 saturated heterocycles. The van der Waals surface area contributed by atoms with Gasteiger partial charge in [0.2, 0.25) is 10.0 Å². The maximum Gasteiger partial charge on any atom is 0.255 e. The van der Waals surface area contributed by atoms with Gasteiger partial charge < -0.3 is 5.32 Å². The first kappa shape index (κ1) is 19.5. The minimum absolute atomic E-state index is 0.0172. The molecule has 1 saturated carbocycles. The molecule has 0 radical (unpaired) electrons. The number of hydrogen-bond donors (Lipinski definition) is 2. The van der Waals surface area contributed by atoms with Crippen LogP contribution >= 0.6 is 0 Å². The average Bonchev–Trinajstić information content (AvgIpc) is 3.10. The van der Waals surface area contributed by atoms with E-state index in [1.165, 1.54) is 12.1 Å². The molecule has 1 aromatic heterocycles. The van der Waals surface area contributed by atoms with E-state index in [-0.39, 0.29) is 16.8 Å². The number of aromatic nitrogens is 1. The van der Waals surface area contributed by atoms with E-state index < -0.39 is 10.0 Å². The number of aryl methyl sites for hydroxylation is 3. The van der Waals surface area contributed by atoms with Gasteiger partial charge >= 0.3 is 0 Å². The summed E-state index contributed by atoms with van der Waals surface area (Å²) in [5, 5.41) is 2.86. The van der Waals surface area contributed by atoms with Crippen molar-refractivity contribution >= 4 is 21.6 Å². The molecule has 1 amide bonds. The molecule has 0 spiro atoms. The maximum absolute atomic E-state index is 12.7. The Kier molecular flexibility index (Phi) is 5.62. The minimum Gasteiger partial charge on any atom is -0.320 e. The van der Waals surface area contributed by atoms with E-state index >= 15 is 0 Å². The van der Waals surface area contributed by atoms with Crippen LogP contribution in [0.2, 0.25) is 0 Å². The first-order valence-electron chi connectivity index (χ1n) is 9.15. The molecule has 0 aliphatic heterocycles. The summed E-state index contributed by atoms with van der Waals surface area (Å²) >= 11 is 0. The Morgan fingerprint density at radius 3 is 2.48 bits per heavy atom. The van der Waals surface area contributed by atoms with E-state index in [1.54, 1.807) is 12.1 Å². The smallest absolute Gasteiger partial charge is 0.255 e. The van der Waals surface area contributed by atoms with Gasteiger partial charge in [-0.1, -0.05) is 18.9 Å². The second-order valence-corrected chi connectivity index (χ2v) is 8.84. The van der Waals surface area contributed by atoms with Gasteiger partial charge in [0.25, 0.3) is 5.91 Å². The van der Waals surface area contributed by atoms with Crippen LogP contribution in [0.4, 0.5) is 5.69 Å². The highest BCUT2D eigenvalue weighted by molar-refractivity contribution is 7.89. The third-order valence-corrected chi connectivity index (χ3v) is 6.37. The van der Waals surface area contributed by atoms with Crippen molar-refractivity contribution in [3.8, 4) is 0 Å². The molecule has 6 nitrogen and oxygen atoms in total. The van der Waals surface area contributed by atoms with E-state index in [1.807, 2.05) is 26.8 Å². The number of pyridine rings is 1. The molecule has 1 fully saturated rings. The second-order valence-electron chi connectivity index (χ2n) is 7.13. The van der Waals surface area contributed by atoms with Gasteiger partial charge in [-0.05, 0) is 63.4 Å². The van der Waals surface area contributed by atoms with Crippen molar-refractivity contribution in [1.82, 2.24) is 9.71 Å². The van der Waals surface area contributed by atoms with Gasteiger partial charge in [0, 0.05) is 17.3 Å². The lowest BCUT2D eigenvalue weighted by Gasteiger charge is -2.14. The van der Waals surface area contributed by atoms with Crippen LogP contribution < -0.4 is 10.0 Å². The standard InChI is InChI=1S/C20H25N3O3S/c1-13-11-14(2)21-15(3)19(13)22-20(24)16-7-6-10-18(12-16)27(25,26)23-17-8-4-5-9-17/h6-7,10-12,17,23H,4-5,8-9H2,1-3H3,(H,22,24). The topological polar surface area (TPSA) is 88.2 Å². The molecule has 2 N–H and O–H groups in total. The Labute approximate surface area is 160 Å². The van der Waals surface area contributed by atoms with Crippen molar-refractivity contribution in [2.24, 2.45) is 0 Å². The third-order valence-electron chi connectivity index (χ3n) is 4.85. The Balaban J connectivity index is 1.82. The molecule has 1 heterocycles. The van der Waals surface area contributed by atoms with Crippen molar-refractivity contribution in [3.63, 3.8) is 0 Å². The second kappa shape index (κ2) is 7.78. The molecule has 0 atom stereocenters. The van der Waals surface area contributed by atoms with Crippen LogP contribution in [-0.2, 0) is 10.0 Å². The van der Waals surface area contributed by atoms with Crippen LogP contribution in [0.5, 0.6) is 0 Å². The number of hydrogen-bond acceptors (Lipinski definition) is 4. The predicted molar refractivity (Wildman–Crippen MR) is 105 cm³/mol. The van der Waals surface area contributed by atoms with Gasteiger partial charge in [-0.3, -0.25) is 9.78 Å². The molecule has 1 aliphatic carbocycles. The molecule has 1 aromatic carbocycles. The fourth-order valence-electron chi connectivity index (χ4n) is 3.53. The number of carbonyl (C=O) groups is 1. The lowest BCUT2D eigenvalue weighted by atomic mass is 10.1. The summed E-state index contributed by atoms with van der Waals surface area (Å²) < 4.78 is 28.0. The molecule has 27 heavy (non-hydrogen) atoms. The summed E-state index contributed by atoms with van der Waals surface area (Å²) in [6, 6.07) is 8.00. The zero-order valence-corrected chi connectivity index (χ0v) is 16.7. The molecule has 3 rings (SSSR count). The molecule has 7 heteroatoms. The fourth-order valence-corrected chi connectivity index (χ4v) is 4.88. The van der Waals surface area contributed by atoms with E-state index in [9.17, 15) is 13.2 Å². The van der Waals surface area contributed by atoms with E-state index in [4.69, 9.17) is 0 Å². The number of amides is 1. The molecule has 0 bridgehead atoms.